The topological polar surface area (TPSA) is 102 Å². The van der Waals surface area contributed by atoms with Crippen molar-refractivity contribution in [3.05, 3.63) is 54.1 Å². The van der Waals surface area contributed by atoms with Gasteiger partial charge in [0.15, 0.2) is 0 Å². The van der Waals surface area contributed by atoms with Crippen LogP contribution >= 0.6 is 0 Å². The quantitative estimate of drug-likeness (QED) is 0.626. The molecule has 9 heteroatoms. The van der Waals surface area contributed by atoms with E-state index in [4.69, 9.17) is 4.74 Å². The van der Waals surface area contributed by atoms with Crippen LogP contribution in [0, 0.1) is 0 Å². The lowest BCUT2D eigenvalue weighted by molar-refractivity contribution is -0.114. The third-order valence-electron chi connectivity index (χ3n) is 3.85. The number of amides is 1. The molecule has 2 aromatic carbocycles. The molecule has 0 saturated carbocycles. The van der Waals surface area contributed by atoms with E-state index >= 15 is 0 Å². The Kier molecular flexibility index (Phi) is 7.60. The molecule has 0 aliphatic rings. The molecular formula is C20H24N2O6S. The molecule has 8 nitrogen and oxygen atoms in total. The van der Waals surface area contributed by atoms with E-state index < -0.39 is 28.4 Å². The minimum atomic E-state index is -3.70. The summed E-state index contributed by atoms with van der Waals surface area (Å²) in [6.07, 6.45) is 1.88. The normalized spacial score (nSPS) is 10.9. The fourth-order valence-corrected chi connectivity index (χ4v) is 3.36. The molecule has 2 rings (SSSR count). The van der Waals surface area contributed by atoms with Crippen LogP contribution in [0.25, 0.3) is 0 Å². The van der Waals surface area contributed by atoms with Gasteiger partial charge in [-0.3, -0.25) is 9.10 Å². The molecular weight excluding hydrogens is 396 g/mol. The van der Waals surface area contributed by atoms with Crippen molar-refractivity contribution in [3.8, 4) is 5.75 Å². The van der Waals surface area contributed by atoms with E-state index in [2.05, 4.69) is 10.1 Å². The zero-order valence-corrected chi connectivity index (χ0v) is 17.4. The number of hydrogen-bond donors (Lipinski definition) is 1. The number of benzene rings is 2. The second-order valence-electron chi connectivity index (χ2n) is 6.23. The molecule has 0 bridgehead atoms. The summed E-state index contributed by atoms with van der Waals surface area (Å²) in [7, 11) is -2.44. The van der Waals surface area contributed by atoms with Crippen LogP contribution < -0.4 is 14.4 Å². The number of rotatable bonds is 9. The Morgan fingerprint density at radius 3 is 2.38 bits per heavy atom. The van der Waals surface area contributed by atoms with Gasteiger partial charge in [0, 0.05) is 5.69 Å². The van der Waals surface area contributed by atoms with Crippen molar-refractivity contribution in [3.63, 3.8) is 0 Å². The van der Waals surface area contributed by atoms with Gasteiger partial charge in [-0.25, -0.2) is 13.2 Å². The SMILES string of the molecule is CCCOc1ccc(N(CC(=O)Nc2cccc(C(=O)OC)c2)S(C)(=O)=O)cc1. The van der Waals surface area contributed by atoms with Crippen LogP contribution in [0.5, 0.6) is 5.75 Å². The van der Waals surface area contributed by atoms with Crippen molar-refractivity contribution in [2.24, 2.45) is 0 Å². The van der Waals surface area contributed by atoms with Gasteiger partial charge < -0.3 is 14.8 Å². The maximum Gasteiger partial charge on any atom is 0.337 e. The molecule has 29 heavy (non-hydrogen) atoms. The molecule has 1 N–H and O–H groups in total. The number of ether oxygens (including phenoxy) is 2. The van der Waals surface area contributed by atoms with Crippen molar-refractivity contribution in [2.45, 2.75) is 13.3 Å². The van der Waals surface area contributed by atoms with Gasteiger partial charge in [-0.1, -0.05) is 13.0 Å². The highest BCUT2D eigenvalue weighted by molar-refractivity contribution is 7.92. The van der Waals surface area contributed by atoms with Gasteiger partial charge in [0.05, 0.1) is 31.2 Å². The fraction of sp³-hybridized carbons (Fsp3) is 0.300. The van der Waals surface area contributed by atoms with E-state index in [1.165, 1.54) is 13.2 Å². The first-order valence-corrected chi connectivity index (χ1v) is 10.8. The molecule has 0 aliphatic heterocycles. The molecule has 0 unspecified atom stereocenters. The first-order chi connectivity index (χ1) is 13.7. The highest BCUT2D eigenvalue weighted by atomic mass is 32.2. The summed E-state index contributed by atoms with van der Waals surface area (Å²) in [6, 6.07) is 12.7. The van der Waals surface area contributed by atoms with Crippen LogP contribution in [0.1, 0.15) is 23.7 Å². The maximum atomic E-state index is 12.4. The number of methoxy groups -OCH3 is 1. The van der Waals surface area contributed by atoms with Crippen LogP contribution in [0.2, 0.25) is 0 Å². The van der Waals surface area contributed by atoms with Crippen LogP contribution in [0.3, 0.4) is 0 Å². The Balaban J connectivity index is 2.14. The van der Waals surface area contributed by atoms with E-state index in [9.17, 15) is 18.0 Å². The van der Waals surface area contributed by atoms with Gasteiger partial charge in [0.25, 0.3) is 0 Å². The van der Waals surface area contributed by atoms with E-state index in [1.54, 1.807) is 42.5 Å². The van der Waals surface area contributed by atoms with Gasteiger partial charge in [-0.05, 0) is 48.9 Å². The lowest BCUT2D eigenvalue weighted by atomic mass is 10.2. The number of hydrogen-bond acceptors (Lipinski definition) is 6. The summed E-state index contributed by atoms with van der Waals surface area (Å²) in [4.78, 5) is 24.1. The average molecular weight is 420 g/mol. The van der Waals surface area contributed by atoms with Crippen LogP contribution in [0.4, 0.5) is 11.4 Å². The summed E-state index contributed by atoms with van der Waals surface area (Å²) in [5, 5.41) is 2.60. The molecule has 0 aliphatic carbocycles. The highest BCUT2D eigenvalue weighted by Gasteiger charge is 2.21. The Hall–Kier alpha value is -3.07. The number of nitrogens with one attached hydrogen (secondary N) is 1. The first-order valence-electron chi connectivity index (χ1n) is 8.93. The van der Waals surface area contributed by atoms with Crippen LogP contribution in [-0.2, 0) is 19.6 Å². The Morgan fingerprint density at radius 1 is 1.10 bits per heavy atom. The maximum absolute atomic E-state index is 12.4. The number of anilines is 2. The summed E-state index contributed by atoms with van der Waals surface area (Å²) in [5.41, 5.74) is 0.970. The number of nitrogens with zero attached hydrogens (tertiary/aromatic N) is 1. The van der Waals surface area contributed by atoms with Crippen LogP contribution in [0.15, 0.2) is 48.5 Å². The second-order valence-corrected chi connectivity index (χ2v) is 8.14. The van der Waals surface area contributed by atoms with E-state index in [1.807, 2.05) is 6.92 Å². The molecule has 0 radical (unpaired) electrons. The molecule has 1 amide bonds. The third kappa shape index (κ3) is 6.49. The molecule has 2 aromatic rings. The van der Waals surface area contributed by atoms with Crippen LogP contribution in [-0.4, -0.2) is 46.8 Å². The Bertz CT molecular complexity index is 957. The highest BCUT2D eigenvalue weighted by Crippen LogP contribution is 2.22. The predicted octanol–water partition coefficient (Wildman–Crippen LogP) is 2.67. The fourth-order valence-electron chi connectivity index (χ4n) is 2.50. The number of sulfonamides is 1. The van der Waals surface area contributed by atoms with Crippen molar-refractivity contribution in [1.29, 1.82) is 0 Å². The van der Waals surface area contributed by atoms with Crippen molar-refractivity contribution < 1.29 is 27.5 Å². The minimum Gasteiger partial charge on any atom is -0.494 e. The lowest BCUT2D eigenvalue weighted by Gasteiger charge is -2.22. The Morgan fingerprint density at radius 2 is 1.79 bits per heavy atom. The average Bonchev–Trinajstić information content (AvgIpc) is 2.69. The van der Waals surface area contributed by atoms with Crippen molar-refractivity contribution in [1.82, 2.24) is 0 Å². The molecule has 0 atom stereocenters. The van der Waals surface area contributed by atoms with Crippen molar-refractivity contribution >= 4 is 33.3 Å². The minimum absolute atomic E-state index is 0.271. The molecule has 156 valence electrons. The number of esters is 1. The largest absolute Gasteiger partial charge is 0.494 e. The zero-order valence-electron chi connectivity index (χ0n) is 16.5. The molecule has 0 heterocycles. The lowest BCUT2D eigenvalue weighted by Crippen LogP contribution is -2.37. The predicted molar refractivity (Wildman–Crippen MR) is 111 cm³/mol. The first kappa shape index (κ1) is 22.2. The number of carbonyl (C=O) groups is 2. The zero-order chi connectivity index (χ0) is 21.4. The van der Waals surface area contributed by atoms with Crippen molar-refractivity contribution in [2.75, 3.05) is 36.1 Å². The van der Waals surface area contributed by atoms with E-state index in [-0.39, 0.29) is 5.56 Å². The van der Waals surface area contributed by atoms with E-state index in [0.717, 1.165) is 17.0 Å². The van der Waals surface area contributed by atoms with Gasteiger partial charge in [0.2, 0.25) is 15.9 Å². The molecule has 0 fully saturated rings. The molecule has 0 spiro atoms. The summed E-state index contributed by atoms with van der Waals surface area (Å²) in [6.45, 7) is 2.12. The number of carbonyl (C=O) groups excluding carboxylic acids is 2. The second kappa shape index (κ2) is 9.92. The summed E-state index contributed by atoms with van der Waals surface area (Å²) >= 11 is 0. The molecule has 0 saturated heterocycles. The summed E-state index contributed by atoms with van der Waals surface area (Å²) in [5.74, 6) is -0.471. The standard InChI is InChI=1S/C20H24N2O6S/c1-4-12-28-18-10-8-17(9-11-18)22(29(3,25)26)14-19(23)21-16-7-5-6-15(13-16)20(24)27-2/h5-11,13H,4,12,14H2,1-3H3,(H,21,23). The summed E-state index contributed by atoms with van der Waals surface area (Å²) < 4.78 is 35.6. The van der Waals surface area contributed by atoms with Gasteiger partial charge >= 0.3 is 5.97 Å². The van der Waals surface area contributed by atoms with E-state index in [0.29, 0.717) is 23.7 Å². The van der Waals surface area contributed by atoms with Gasteiger partial charge in [-0.2, -0.15) is 0 Å². The van der Waals surface area contributed by atoms with Gasteiger partial charge in [-0.15, -0.1) is 0 Å². The smallest absolute Gasteiger partial charge is 0.337 e. The molecule has 0 aromatic heterocycles. The monoisotopic (exact) mass is 420 g/mol. The third-order valence-corrected chi connectivity index (χ3v) is 4.99. The van der Waals surface area contributed by atoms with Gasteiger partial charge in [0.1, 0.15) is 12.3 Å². The Labute approximate surface area is 170 Å².